The molecule has 0 saturated carbocycles. The number of carboxylic acid groups (broad SMARTS) is 1. The molecule has 0 aliphatic heterocycles. The fourth-order valence-electron chi connectivity index (χ4n) is 2.20. The van der Waals surface area contributed by atoms with Gasteiger partial charge in [0.1, 0.15) is 6.04 Å². The van der Waals surface area contributed by atoms with Crippen molar-refractivity contribution in [3.8, 4) is 0 Å². The van der Waals surface area contributed by atoms with Crippen molar-refractivity contribution >= 4 is 27.7 Å². The van der Waals surface area contributed by atoms with E-state index in [0.29, 0.717) is 12.8 Å². The summed E-state index contributed by atoms with van der Waals surface area (Å²) in [5, 5.41) is 11.5. The van der Waals surface area contributed by atoms with E-state index in [1.54, 1.807) is 0 Å². The van der Waals surface area contributed by atoms with Gasteiger partial charge in [-0.25, -0.2) is 17.9 Å². The highest BCUT2D eigenvalue weighted by Gasteiger charge is 2.20. The molecule has 0 spiro atoms. The maximum absolute atomic E-state index is 12.2. The largest absolute Gasteiger partial charge is 0.480 e. The molecule has 0 aliphatic carbocycles. The van der Waals surface area contributed by atoms with E-state index in [-0.39, 0.29) is 29.2 Å². The SMILES string of the molecule is CCCCC(NC(=O)CCNS(=O)(=O)c1cccc(C(C)=O)c1)C(=O)O. The average molecular weight is 384 g/mol. The van der Waals surface area contributed by atoms with Crippen LogP contribution in [0.2, 0.25) is 0 Å². The summed E-state index contributed by atoms with van der Waals surface area (Å²) in [4.78, 5) is 34.2. The quantitative estimate of drug-likeness (QED) is 0.493. The molecule has 0 aromatic heterocycles. The number of hydrogen-bond acceptors (Lipinski definition) is 5. The van der Waals surface area contributed by atoms with Gasteiger partial charge in [-0.05, 0) is 25.5 Å². The van der Waals surface area contributed by atoms with Crippen LogP contribution in [0.5, 0.6) is 0 Å². The van der Waals surface area contributed by atoms with Gasteiger partial charge in [0.05, 0.1) is 4.90 Å². The molecule has 1 atom stereocenters. The Kier molecular flexibility index (Phi) is 8.40. The highest BCUT2D eigenvalue weighted by molar-refractivity contribution is 7.89. The van der Waals surface area contributed by atoms with Crippen LogP contribution in [0.15, 0.2) is 29.2 Å². The van der Waals surface area contributed by atoms with Crippen LogP contribution in [0.3, 0.4) is 0 Å². The molecule has 1 aromatic rings. The summed E-state index contributed by atoms with van der Waals surface area (Å²) >= 11 is 0. The third-order valence-electron chi connectivity index (χ3n) is 3.67. The monoisotopic (exact) mass is 384 g/mol. The Labute approximate surface area is 153 Å². The molecule has 144 valence electrons. The van der Waals surface area contributed by atoms with Crippen molar-refractivity contribution in [1.29, 1.82) is 0 Å². The number of Topliss-reactive ketones (excluding diaryl/α,β-unsaturated/α-hetero) is 1. The second-order valence-electron chi connectivity index (χ2n) is 5.83. The molecule has 1 rings (SSSR count). The molecule has 8 nitrogen and oxygen atoms in total. The maximum Gasteiger partial charge on any atom is 0.326 e. The van der Waals surface area contributed by atoms with Crippen LogP contribution in [-0.4, -0.2) is 43.8 Å². The van der Waals surface area contributed by atoms with Gasteiger partial charge in [0.25, 0.3) is 0 Å². The van der Waals surface area contributed by atoms with Crippen molar-refractivity contribution in [2.24, 2.45) is 0 Å². The zero-order chi connectivity index (χ0) is 19.7. The number of hydrogen-bond donors (Lipinski definition) is 3. The maximum atomic E-state index is 12.2. The molecule has 0 saturated heterocycles. The van der Waals surface area contributed by atoms with E-state index in [1.807, 2.05) is 6.92 Å². The van der Waals surface area contributed by atoms with Crippen LogP contribution in [-0.2, 0) is 19.6 Å². The van der Waals surface area contributed by atoms with Gasteiger partial charge in [-0.3, -0.25) is 9.59 Å². The Bertz CT molecular complexity index is 760. The average Bonchev–Trinajstić information content (AvgIpc) is 2.58. The minimum absolute atomic E-state index is 0.0723. The Hall–Kier alpha value is -2.26. The van der Waals surface area contributed by atoms with Crippen LogP contribution in [0, 0.1) is 0 Å². The summed E-state index contributed by atoms with van der Waals surface area (Å²) in [6.07, 6.45) is 1.60. The van der Waals surface area contributed by atoms with Gasteiger partial charge >= 0.3 is 5.97 Å². The smallest absolute Gasteiger partial charge is 0.326 e. The lowest BCUT2D eigenvalue weighted by atomic mass is 10.1. The summed E-state index contributed by atoms with van der Waals surface area (Å²) in [5.41, 5.74) is 0.269. The highest BCUT2D eigenvalue weighted by Crippen LogP contribution is 2.12. The standard InChI is InChI=1S/C17H24N2O6S/c1-3-4-8-15(17(22)23)19-16(21)9-10-18-26(24,25)14-7-5-6-13(11-14)12(2)20/h5-7,11,15,18H,3-4,8-10H2,1-2H3,(H,19,21)(H,22,23). The number of carbonyl (C=O) groups is 3. The number of nitrogens with one attached hydrogen (secondary N) is 2. The first-order chi connectivity index (χ1) is 12.2. The Balaban J connectivity index is 2.60. The van der Waals surface area contributed by atoms with E-state index < -0.39 is 27.9 Å². The molecular formula is C17H24N2O6S. The zero-order valence-electron chi connectivity index (χ0n) is 14.8. The number of sulfonamides is 1. The van der Waals surface area contributed by atoms with Crippen LogP contribution < -0.4 is 10.0 Å². The molecular weight excluding hydrogens is 360 g/mol. The molecule has 1 unspecified atom stereocenters. The number of benzene rings is 1. The molecule has 1 aromatic carbocycles. The summed E-state index contributed by atoms with van der Waals surface area (Å²) in [5.74, 6) is -1.92. The molecule has 26 heavy (non-hydrogen) atoms. The summed E-state index contributed by atoms with van der Waals surface area (Å²) in [7, 11) is -3.87. The normalized spacial score (nSPS) is 12.4. The van der Waals surface area contributed by atoms with Gasteiger partial charge in [-0.1, -0.05) is 31.9 Å². The lowest BCUT2D eigenvalue weighted by Crippen LogP contribution is -2.41. The van der Waals surface area contributed by atoms with Gasteiger partial charge in [0, 0.05) is 18.5 Å². The van der Waals surface area contributed by atoms with Crippen LogP contribution in [0.25, 0.3) is 0 Å². The van der Waals surface area contributed by atoms with Crippen molar-refractivity contribution in [1.82, 2.24) is 10.0 Å². The van der Waals surface area contributed by atoms with Crippen LogP contribution >= 0.6 is 0 Å². The number of aliphatic carboxylic acids is 1. The van der Waals surface area contributed by atoms with E-state index in [2.05, 4.69) is 10.0 Å². The molecule has 9 heteroatoms. The third kappa shape index (κ3) is 6.93. The van der Waals surface area contributed by atoms with E-state index in [1.165, 1.54) is 31.2 Å². The second-order valence-corrected chi connectivity index (χ2v) is 7.60. The first-order valence-electron chi connectivity index (χ1n) is 8.30. The van der Waals surface area contributed by atoms with E-state index >= 15 is 0 Å². The van der Waals surface area contributed by atoms with Gasteiger partial charge in [0.2, 0.25) is 15.9 Å². The van der Waals surface area contributed by atoms with Crippen LogP contribution in [0.4, 0.5) is 0 Å². The molecule has 0 fully saturated rings. The van der Waals surface area contributed by atoms with Crippen LogP contribution in [0.1, 0.15) is 49.9 Å². The predicted molar refractivity (Wildman–Crippen MR) is 95.3 cm³/mol. The van der Waals surface area contributed by atoms with Gasteiger partial charge in [0.15, 0.2) is 5.78 Å². The molecule has 0 radical (unpaired) electrons. The Morgan fingerprint density at radius 2 is 1.92 bits per heavy atom. The lowest BCUT2D eigenvalue weighted by molar-refractivity contribution is -0.142. The fourth-order valence-corrected chi connectivity index (χ4v) is 3.27. The number of carbonyl (C=O) groups excluding carboxylic acids is 2. The number of ketones is 1. The first kappa shape index (κ1) is 21.8. The van der Waals surface area contributed by atoms with E-state index in [0.717, 1.165) is 6.42 Å². The molecule has 0 aliphatic rings. The highest BCUT2D eigenvalue weighted by atomic mass is 32.2. The molecule has 0 heterocycles. The zero-order valence-corrected chi connectivity index (χ0v) is 15.6. The molecule has 0 bridgehead atoms. The van der Waals surface area contributed by atoms with Crippen molar-refractivity contribution in [2.45, 2.75) is 50.5 Å². The number of unbranched alkanes of at least 4 members (excludes halogenated alkanes) is 1. The van der Waals surface area contributed by atoms with Gasteiger partial charge < -0.3 is 10.4 Å². The van der Waals surface area contributed by atoms with E-state index in [4.69, 9.17) is 5.11 Å². The molecule has 3 N–H and O–H groups in total. The number of carboxylic acids is 1. The fraction of sp³-hybridized carbons (Fsp3) is 0.471. The van der Waals surface area contributed by atoms with Crippen molar-refractivity contribution in [3.05, 3.63) is 29.8 Å². The molecule has 1 amide bonds. The minimum atomic E-state index is -3.87. The Morgan fingerprint density at radius 1 is 1.23 bits per heavy atom. The Morgan fingerprint density at radius 3 is 2.50 bits per heavy atom. The number of amides is 1. The van der Waals surface area contributed by atoms with Gasteiger partial charge in [-0.2, -0.15) is 0 Å². The van der Waals surface area contributed by atoms with E-state index in [9.17, 15) is 22.8 Å². The topological polar surface area (TPSA) is 130 Å². The predicted octanol–water partition coefficient (Wildman–Crippen LogP) is 1.32. The number of rotatable bonds is 11. The summed E-state index contributed by atoms with van der Waals surface area (Å²) in [6.45, 7) is 3.07. The van der Waals surface area contributed by atoms with Crippen molar-refractivity contribution in [2.75, 3.05) is 6.54 Å². The summed E-state index contributed by atoms with van der Waals surface area (Å²) < 4.78 is 26.7. The summed E-state index contributed by atoms with van der Waals surface area (Å²) in [6, 6.07) is 4.60. The first-order valence-corrected chi connectivity index (χ1v) is 9.78. The van der Waals surface area contributed by atoms with Crippen molar-refractivity contribution in [3.63, 3.8) is 0 Å². The van der Waals surface area contributed by atoms with Gasteiger partial charge in [-0.15, -0.1) is 0 Å². The third-order valence-corrected chi connectivity index (χ3v) is 5.13. The second kappa shape index (κ2) is 10.0. The minimum Gasteiger partial charge on any atom is -0.480 e. The lowest BCUT2D eigenvalue weighted by Gasteiger charge is -2.14. The van der Waals surface area contributed by atoms with Crippen molar-refractivity contribution < 1.29 is 27.9 Å².